The molecule has 0 aliphatic heterocycles. The van der Waals surface area contributed by atoms with Crippen LogP contribution >= 0.6 is 11.6 Å². The zero-order valence-electron chi connectivity index (χ0n) is 15.3. The van der Waals surface area contributed by atoms with Gasteiger partial charge in [0.1, 0.15) is 4.90 Å². The van der Waals surface area contributed by atoms with Crippen molar-refractivity contribution in [2.24, 2.45) is 0 Å². The van der Waals surface area contributed by atoms with Gasteiger partial charge in [0.15, 0.2) is 5.82 Å². The number of hydrogen-bond acceptors (Lipinski definition) is 5. The highest BCUT2D eigenvalue weighted by atomic mass is 35.5. The number of rotatable bonds is 5. The summed E-state index contributed by atoms with van der Waals surface area (Å²) in [5, 5.41) is 2.47. The summed E-state index contributed by atoms with van der Waals surface area (Å²) in [5.41, 5.74) is 1.03. The molecule has 10 heteroatoms. The van der Waals surface area contributed by atoms with Crippen LogP contribution in [-0.2, 0) is 16.4 Å². The summed E-state index contributed by atoms with van der Waals surface area (Å²) in [6, 6.07) is 9.63. The molecule has 0 spiro atoms. The molecule has 1 amide bonds. The maximum absolute atomic E-state index is 14.1. The van der Waals surface area contributed by atoms with Crippen molar-refractivity contribution in [3.8, 4) is 0 Å². The third-order valence-electron chi connectivity index (χ3n) is 4.40. The molecular formula is C20H14ClFN4O3S. The van der Waals surface area contributed by atoms with Gasteiger partial charge in [-0.1, -0.05) is 29.8 Å². The van der Waals surface area contributed by atoms with Crippen LogP contribution in [0.4, 0.5) is 4.39 Å². The van der Waals surface area contributed by atoms with Gasteiger partial charge >= 0.3 is 0 Å². The molecule has 30 heavy (non-hydrogen) atoms. The first-order valence-corrected chi connectivity index (χ1v) is 10.6. The molecule has 0 fully saturated rings. The van der Waals surface area contributed by atoms with Crippen LogP contribution in [0.5, 0.6) is 0 Å². The molecule has 0 atom stereocenters. The van der Waals surface area contributed by atoms with Gasteiger partial charge in [0.25, 0.3) is 5.91 Å². The van der Waals surface area contributed by atoms with E-state index in [-0.39, 0.29) is 22.4 Å². The molecule has 0 saturated carbocycles. The number of nitrogens with zero attached hydrogens (tertiary/aromatic N) is 3. The monoisotopic (exact) mass is 444 g/mol. The fraction of sp³-hybridized carbons (Fsp3) is 0.0500. The number of fused-ring (bicyclic) bond motifs is 1. The summed E-state index contributed by atoms with van der Waals surface area (Å²) in [6.45, 7) is 0.173. The number of aromatic nitrogens is 3. The zero-order chi connectivity index (χ0) is 21.3. The Balaban J connectivity index is 1.48. The highest BCUT2D eigenvalue weighted by Crippen LogP contribution is 2.27. The van der Waals surface area contributed by atoms with Crippen LogP contribution in [0.3, 0.4) is 0 Å². The molecule has 152 valence electrons. The van der Waals surface area contributed by atoms with E-state index in [4.69, 9.17) is 11.6 Å². The molecule has 0 radical (unpaired) electrons. The Kier molecular flexibility index (Phi) is 5.23. The Bertz CT molecular complexity index is 1350. The lowest BCUT2D eigenvalue weighted by atomic mass is 10.2. The molecule has 4 aromatic rings. The third-order valence-corrected chi connectivity index (χ3v) is 6.48. The second kappa shape index (κ2) is 7.85. The second-order valence-electron chi connectivity index (χ2n) is 6.36. The molecule has 0 bridgehead atoms. The van der Waals surface area contributed by atoms with Crippen LogP contribution in [0.15, 0.2) is 77.0 Å². The molecule has 2 aromatic heterocycles. The fourth-order valence-corrected chi connectivity index (χ4v) is 4.41. The Morgan fingerprint density at radius 1 is 1.13 bits per heavy atom. The van der Waals surface area contributed by atoms with Crippen LogP contribution in [0, 0.1) is 5.82 Å². The van der Waals surface area contributed by atoms with Crippen molar-refractivity contribution in [1.29, 1.82) is 0 Å². The first kappa shape index (κ1) is 20.0. The van der Waals surface area contributed by atoms with E-state index in [0.29, 0.717) is 16.9 Å². The SMILES string of the molecule is O=C(NCc1ccc(S(=O)(=O)c2cccc(Cl)c2F)cc1)c1cnc2nccn2c1. The van der Waals surface area contributed by atoms with E-state index in [2.05, 4.69) is 15.3 Å². The zero-order valence-corrected chi connectivity index (χ0v) is 16.9. The number of sulfone groups is 1. The maximum Gasteiger partial charge on any atom is 0.254 e. The average Bonchev–Trinajstić information content (AvgIpc) is 3.22. The number of carbonyl (C=O) groups excluding carboxylic acids is 1. The van der Waals surface area contributed by atoms with E-state index in [1.54, 1.807) is 35.1 Å². The van der Waals surface area contributed by atoms with Gasteiger partial charge in [0, 0.05) is 31.3 Å². The third kappa shape index (κ3) is 3.77. The lowest BCUT2D eigenvalue weighted by Crippen LogP contribution is -2.23. The number of halogens is 2. The minimum Gasteiger partial charge on any atom is -0.348 e. The Hall–Kier alpha value is -3.30. The van der Waals surface area contributed by atoms with E-state index in [9.17, 15) is 17.6 Å². The lowest BCUT2D eigenvalue weighted by Gasteiger charge is -2.09. The van der Waals surface area contributed by atoms with Gasteiger partial charge in [-0.3, -0.25) is 9.20 Å². The first-order chi connectivity index (χ1) is 14.4. The summed E-state index contributed by atoms with van der Waals surface area (Å²) >= 11 is 5.69. The van der Waals surface area contributed by atoms with Crippen LogP contribution in [-0.4, -0.2) is 28.7 Å². The Labute approximate surface area is 176 Å². The van der Waals surface area contributed by atoms with Crippen LogP contribution in [0.1, 0.15) is 15.9 Å². The predicted molar refractivity (Wildman–Crippen MR) is 107 cm³/mol. The van der Waals surface area contributed by atoms with Crippen molar-refractivity contribution < 1.29 is 17.6 Å². The van der Waals surface area contributed by atoms with E-state index >= 15 is 0 Å². The molecule has 0 unspecified atom stereocenters. The maximum atomic E-state index is 14.1. The normalized spacial score (nSPS) is 11.5. The van der Waals surface area contributed by atoms with Crippen LogP contribution < -0.4 is 5.32 Å². The standard InChI is InChI=1S/C20H14ClFN4O3S/c21-16-2-1-3-17(18(16)22)30(28,29)15-6-4-13(5-7-15)10-24-19(27)14-11-25-20-23-8-9-26(20)12-14/h1-9,11-12H,10H2,(H,24,27). The smallest absolute Gasteiger partial charge is 0.254 e. The van der Waals surface area contributed by atoms with Crippen molar-refractivity contribution in [3.63, 3.8) is 0 Å². The number of hydrogen-bond donors (Lipinski definition) is 1. The highest BCUT2D eigenvalue weighted by molar-refractivity contribution is 7.91. The second-order valence-corrected chi connectivity index (χ2v) is 8.68. The first-order valence-electron chi connectivity index (χ1n) is 8.71. The summed E-state index contributed by atoms with van der Waals surface area (Å²) in [6.07, 6.45) is 6.29. The quantitative estimate of drug-likeness (QED) is 0.510. The van der Waals surface area contributed by atoms with Crippen molar-refractivity contribution >= 4 is 33.1 Å². The average molecular weight is 445 g/mol. The minimum absolute atomic E-state index is 0.0755. The number of imidazole rings is 1. The van der Waals surface area contributed by atoms with Crippen molar-refractivity contribution in [2.75, 3.05) is 0 Å². The predicted octanol–water partition coefficient (Wildman–Crippen LogP) is 3.28. The van der Waals surface area contributed by atoms with E-state index in [0.717, 1.165) is 6.07 Å². The van der Waals surface area contributed by atoms with Gasteiger partial charge in [-0.2, -0.15) is 0 Å². The van der Waals surface area contributed by atoms with Gasteiger partial charge in [-0.25, -0.2) is 22.8 Å². The molecule has 0 saturated heterocycles. The van der Waals surface area contributed by atoms with Crippen LogP contribution in [0.2, 0.25) is 5.02 Å². The highest BCUT2D eigenvalue weighted by Gasteiger charge is 2.23. The molecule has 2 heterocycles. The molecule has 4 rings (SSSR count). The Morgan fingerprint density at radius 2 is 1.90 bits per heavy atom. The fourth-order valence-electron chi connectivity index (χ4n) is 2.82. The minimum atomic E-state index is -4.06. The molecule has 1 N–H and O–H groups in total. The number of benzene rings is 2. The summed E-state index contributed by atoms with van der Waals surface area (Å²) in [5.74, 6) is -0.839. The summed E-state index contributed by atoms with van der Waals surface area (Å²) < 4.78 is 41.1. The van der Waals surface area contributed by atoms with Crippen LogP contribution in [0.25, 0.3) is 5.78 Å². The Morgan fingerprint density at radius 3 is 2.67 bits per heavy atom. The van der Waals surface area contributed by atoms with E-state index < -0.39 is 20.5 Å². The lowest BCUT2D eigenvalue weighted by molar-refractivity contribution is 0.0950. The van der Waals surface area contributed by atoms with Crippen molar-refractivity contribution in [2.45, 2.75) is 16.3 Å². The molecule has 0 aliphatic carbocycles. The van der Waals surface area contributed by atoms with Gasteiger partial charge in [0.2, 0.25) is 15.6 Å². The number of nitrogens with one attached hydrogen (secondary N) is 1. The van der Waals surface area contributed by atoms with Gasteiger partial charge in [-0.05, 0) is 29.8 Å². The summed E-state index contributed by atoms with van der Waals surface area (Å²) in [4.78, 5) is 19.9. The summed E-state index contributed by atoms with van der Waals surface area (Å²) in [7, 11) is -4.06. The van der Waals surface area contributed by atoms with Crippen molar-refractivity contribution in [3.05, 3.63) is 89.2 Å². The number of amides is 1. The number of carbonyl (C=O) groups is 1. The largest absolute Gasteiger partial charge is 0.348 e. The molecule has 0 aliphatic rings. The van der Waals surface area contributed by atoms with Gasteiger partial charge in [-0.15, -0.1) is 0 Å². The molecule has 2 aromatic carbocycles. The molecule has 7 nitrogen and oxygen atoms in total. The van der Waals surface area contributed by atoms with Gasteiger partial charge < -0.3 is 5.32 Å². The molecular weight excluding hydrogens is 431 g/mol. The van der Waals surface area contributed by atoms with Gasteiger partial charge in [0.05, 0.1) is 15.5 Å². The topological polar surface area (TPSA) is 93.4 Å². The van der Waals surface area contributed by atoms with E-state index in [1.165, 1.54) is 30.5 Å². The van der Waals surface area contributed by atoms with Crippen molar-refractivity contribution in [1.82, 2.24) is 19.7 Å². The van der Waals surface area contributed by atoms with E-state index in [1.807, 2.05) is 0 Å².